The van der Waals surface area contributed by atoms with Gasteiger partial charge in [0.05, 0.1) is 5.69 Å². The minimum absolute atomic E-state index is 0.0674. The van der Waals surface area contributed by atoms with E-state index in [9.17, 15) is 14.4 Å². The van der Waals surface area contributed by atoms with Crippen molar-refractivity contribution >= 4 is 11.7 Å². The lowest BCUT2D eigenvalue weighted by atomic mass is 10.1. The quantitative estimate of drug-likeness (QED) is 0.752. The van der Waals surface area contributed by atoms with Gasteiger partial charge in [0.1, 0.15) is 11.4 Å². The molecule has 27 heavy (non-hydrogen) atoms. The Labute approximate surface area is 155 Å². The van der Waals surface area contributed by atoms with Crippen molar-refractivity contribution in [1.82, 2.24) is 9.55 Å². The molecule has 2 N–H and O–H groups in total. The largest absolute Gasteiger partial charge is 0.348 e. The van der Waals surface area contributed by atoms with Crippen molar-refractivity contribution < 1.29 is 4.79 Å². The summed E-state index contributed by atoms with van der Waals surface area (Å²) in [6.07, 6.45) is 6.17. The van der Waals surface area contributed by atoms with E-state index in [0.29, 0.717) is 5.56 Å². The second-order valence-corrected chi connectivity index (χ2v) is 6.71. The van der Waals surface area contributed by atoms with Crippen LogP contribution in [-0.4, -0.2) is 15.5 Å². The van der Waals surface area contributed by atoms with Crippen molar-refractivity contribution in [2.45, 2.75) is 26.2 Å². The Hall–Kier alpha value is -3.41. The summed E-state index contributed by atoms with van der Waals surface area (Å²) in [5, 5.41) is 2.60. The first-order chi connectivity index (χ1) is 13.0. The number of nitrogens with one attached hydrogen (secondary N) is 2. The average Bonchev–Trinajstić information content (AvgIpc) is 3.11. The third-order valence-corrected chi connectivity index (χ3v) is 4.93. The number of aromatic nitrogens is 2. The van der Waals surface area contributed by atoms with Crippen LogP contribution in [0.25, 0.3) is 5.69 Å². The summed E-state index contributed by atoms with van der Waals surface area (Å²) in [6, 6.07) is 10.3. The molecule has 0 unspecified atom stereocenters. The molecule has 6 heteroatoms. The maximum Gasteiger partial charge on any atom is 0.268 e. The molecule has 1 amide bonds. The zero-order chi connectivity index (χ0) is 19.0. The number of hydrogen-bond acceptors (Lipinski definition) is 3. The fourth-order valence-electron chi connectivity index (χ4n) is 3.62. The van der Waals surface area contributed by atoms with Crippen LogP contribution in [0, 0.1) is 6.92 Å². The van der Waals surface area contributed by atoms with Crippen LogP contribution in [0.1, 0.15) is 33.5 Å². The van der Waals surface area contributed by atoms with Crippen LogP contribution in [0.4, 0.5) is 5.82 Å². The van der Waals surface area contributed by atoms with Crippen LogP contribution in [0.15, 0.2) is 58.4 Å². The number of aryl methyl sites for hydroxylation is 2. The zero-order valence-electron chi connectivity index (χ0n) is 14.9. The summed E-state index contributed by atoms with van der Waals surface area (Å²) in [5.74, 6) is -0.288. The molecule has 6 nitrogen and oxygen atoms in total. The first-order valence-corrected chi connectivity index (χ1v) is 8.88. The number of aromatic amines is 1. The molecular weight excluding hydrogens is 342 g/mol. The Morgan fingerprint density at radius 2 is 2.00 bits per heavy atom. The van der Waals surface area contributed by atoms with E-state index in [1.165, 1.54) is 29.5 Å². The van der Waals surface area contributed by atoms with E-state index >= 15 is 0 Å². The number of pyridine rings is 2. The molecule has 1 aliphatic carbocycles. The maximum absolute atomic E-state index is 13.1. The van der Waals surface area contributed by atoms with Gasteiger partial charge in [-0.25, -0.2) is 0 Å². The fraction of sp³-hybridized carbons (Fsp3) is 0.190. The molecule has 4 rings (SSSR count). The highest BCUT2D eigenvalue weighted by Crippen LogP contribution is 2.27. The molecule has 1 aliphatic rings. The lowest BCUT2D eigenvalue weighted by Crippen LogP contribution is -2.30. The Balaban J connectivity index is 1.78. The van der Waals surface area contributed by atoms with Gasteiger partial charge in [0.25, 0.3) is 11.5 Å². The van der Waals surface area contributed by atoms with E-state index < -0.39 is 5.91 Å². The third-order valence-electron chi connectivity index (χ3n) is 4.93. The average molecular weight is 361 g/mol. The van der Waals surface area contributed by atoms with Crippen molar-refractivity contribution in [3.8, 4) is 5.69 Å². The highest BCUT2D eigenvalue weighted by molar-refractivity contribution is 6.04. The number of anilines is 1. The zero-order valence-corrected chi connectivity index (χ0v) is 14.9. The second-order valence-electron chi connectivity index (χ2n) is 6.71. The van der Waals surface area contributed by atoms with Gasteiger partial charge in [-0.2, -0.15) is 0 Å². The van der Waals surface area contributed by atoms with Gasteiger partial charge in [-0.15, -0.1) is 0 Å². The molecule has 0 saturated heterocycles. The van der Waals surface area contributed by atoms with E-state index in [1.807, 2.05) is 12.1 Å². The number of rotatable bonds is 3. The van der Waals surface area contributed by atoms with Gasteiger partial charge in [0, 0.05) is 24.5 Å². The molecule has 2 aromatic heterocycles. The SMILES string of the molecule is Cc1ccn(-c2cccc3c2CCC3)c(=O)c1C(=O)Nc1cc(=O)cc[nH]1. The number of hydrogen-bond donors (Lipinski definition) is 2. The van der Waals surface area contributed by atoms with E-state index in [4.69, 9.17) is 0 Å². The van der Waals surface area contributed by atoms with E-state index in [0.717, 1.165) is 24.9 Å². The predicted molar refractivity (Wildman–Crippen MR) is 104 cm³/mol. The van der Waals surface area contributed by atoms with Gasteiger partial charge in [-0.05, 0) is 55.0 Å². The van der Waals surface area contributed by atoms with Crippen LogP contribution in [-0.2, 0) is 12.8 Å². The van der Waals surface area contributed by atoms with Crippen LogP contribution in [0.3, 0.4) is 0 Å². The maximum atomic E-state index is 13.1. The Kier molecular flexibility index (Phi) is 4.24. The van der Waals surface area contributed by atoms with Gasteiger partial charge in [0.2, 0.25) is 0 Å². The molecule has 0 aliphatic heterocycles. The molecule has 0 radical (unpaired) electrons. The molecule has 136 valence electrons. The Morgan fingerprint density at radius 1 is 1.15 bits per heavy atom. The molecule has 0 fully saturated rings. The van der Waals surface area contributed by atoms with Gasteiger partial charge in [-0.3, -0.25) is 19.0 Å². The normalized spacial score (nSPS) is 12.6. The van der Waals surface area contributed by atoms with Crippen LogP contribution in [0.5, 0.6) is 0 Å². The molecule has 0 bridgehead atoms. The summed E-state index contributed by atoms with van der Waals surface area (Å²) in [6.45, 7) is 1.73. The van der Waals surface area contributed by atoms with Gasteiger partial charge in [0.15, 0.2) is 5.43 Å². The van der Waals surface area contributed by atoms with Gasteiger partial charge < -0.3 is 10.3 Å². The number of H-pyrrole nitrogens is 1. The topological polar surface area (TPSA) is 84.0 Å². The van der Waals surface area contributed by atoms with E-state index in [-0.39, 0.29) is 22.4 Å². The molecule has 3 aromatic rings. The smallest absolute Gasteiger partial charge is 0.268 e. The number of fused-ring (bicyclic) bond motifs is 1. The fourth-order valence-corrected chi connectivity index (χ4v) is 3.62. The standard InChI is InChI=1S/C21H19N3O3/c1-13-9-11-24(17-7-3-5-14-4-2-6-16(14)17)21(27)19(13)20(26)23-18-12-15(25)8-10-22-18/h3,5,7-12H,2,4,6H2,1H3,(H2,22,23,25,26). The summed E-state index contributed by atoms with van der Waals surface area (Å²) < 4.78 is 1.54. The van der Waals surface area contributed by atoms with Gasteiger partial charge in [-0.1, -0.05) is 12.1 Å². The van der Waals surface area contributed by atoms with E-state index in [2.05, 4.69) is 16.4 Å². The van der Waals surface area contributed by atoms with Crippen molar-refractivity contribution in [3.05, 3.63) is 91.6 Å². The number of carbonyl (C=O) groups is 1. The lowest BCUT2D eigenvalue weighted by Gasteiger charge is -2.14. The summed E-state index contributed by atoms with van der Waals surface area (Å²) in [4.78, 5) is 40.1. The Morgan fingerprint density at radius 3 is 2.81 bits per heavy atom. The molecular formula is C21H19N3O3. The highest BCUT2D eigenvalue weighted by atomic mass is 16.2. The van der Waals surface area contributed by atoms with Crippen LogP contribution >= 0.6 is 0 Å². The van der Waals surface area contributed by atoms with Crippen molar-refractivity contribution in [2.75, 3.05) is 5.32 Å². The molecule has 1 aromatic carbocycles. The summed E-state index contributed by atoms with van der Waals surface area (Å²) in [7, 11) is 0. The van der Waals surface area contributed by atoms with Crippen molar-refractivity contribution in [3.63, 3.8) is 0 Å². The molecule has 0 spiro atoms. The van der Waals surface area contributed by atoms with Gasteiger partial charge >= 0.3 is 0 Å². The number of benzene rings is 1. The number of nitrogens with zero attached hydrogens (tertiary/aromatic N) is 1. The van der Waals surface area contributed by atoms with Crippen molar-refractivity contribution in [2.24, 2.45) is 0 Å². The van der Waals surface area contributed by atoms with Crippen LogP contribution in [0.2, 0.25) is 0 Å². The summed E-state index contributed by atoms with van der Waals surface area (Å²) in [5.41, 5.74) is 3.31. The summed E-state index contributed by atoms with van der Waals surface area (Å²) >= 11 is 0. The monoisotopic (exact) mass is 361 g/mol. The highest BCUT2D eigenvalue weighted by Gasteiger charge is 2.20. The lowest BCUT2D eigenvalue weighted by molar-refractivity contribution is 0.102. The van der Waals surface area contributed by atoms with Crippen LogP contribution < -0.4 is 16.3 Å². The number of carbonyl (C=O) groups excluding carboxylic acids is 1. The molecule has 0 atom stereocenters. The number of amides is 1. The Bertz CT molecular complexity index is 1160. The van der Waals surface area contributed by atoms with E-state index in [1.54, 1.807) is 23.8 Å². The first-order valence-electron chi connectivity index (χ1n) is 8.88. The first kappa shape index (κ1) is 17.0. The molecule has 0 saturated carbocycles. The minimum atomic E-state index is -0.540. The third kappa shape index (κ3) is 3.10. The molecule has 2 heterocycles. The minimum Gasteiger partial charge on any atom is -0.348 e. The van der Waals surface area contributed by atoms with Crippen molar-refractivity contribution in [1.29, 1.82) is 0 Å². The predicted octanol–water partition coefficient (Wildman–Crippen LogP) is 2.58. The second kappa shape index (κ2) is 6.72.